The van der Waals surface area contributed by atoms with E-state index < -0.39 is 4.92 Å². The van der Waals surface area contributed by atoms with Crippen LogP contribution in [0, 0.1) is 10.1 Å². The van der Waals surface area contributed by atoms with Crippen molar-refractivity contribution < 1.29 is 14.4 Å². The van der Waals surface area contributed by atoms with Gasteiger partial charge in [-0.3, -0.25) is 10.1 Å². The Hall–Kier alpha value is -2.25. The average molecular weight is 291 g/mol. The molecule has 2 aromatic rings. The van der Waals surface area contributed by atoms with E-state index in [2.05, 4.69) is 10.3 Å². The number of anilines is 1. The molecule has 0 radical (unpaired) electrons. The molecule has 0 amide bonds. The fourth-order valence-corrected chi connectivity index (χ4v) is 2.08. The van der Waals surface area contributed by atoms with Crippen LogP contribution in [0.1, 0.15) is 0 Å². The minimum atomic E-state index is -0.429. The lowest BCUT2D eigenvalue weighted by Crippen LogP contribution is -2.26. The second kappa shape index (κ2) is 6.96. The van der Waals surface area contributed by atoms with Crippen LogP contribution in [0.25, 0.3) is 10.9 Å². The molecule has 0 saturated carbocycles. The second-order valence-electron chi connectivity index (χ2n) is 4.48. The number of pyridine rings is 1. The van der Waals surface area contributed by atoms with E-state index in [9.17, 15) is 10.1 Å². The molecule has 0 saturated heterocycles. The number of nitro benzene ring substituents is 1. The second-order valence-corrected chi connectivity index (χ2v) is 4.48. The van der Waals surface area contributed by atoms with Crippen molar-refractivity contribution in [2.24, 2.45) is 0 Å². The van der Waals surface area contributed by atoms with E-state index in [1.54, 1.807) is 38.6 Å². The highest BCUT2D eigenvalue weighted by Gasteiger charge is 2.16. The Morgan fingerprint density at radius 1 is 1.38 bits per heavy atom. The molecule has 1 aromatic carbocycles. The molecule has 1 aromatic heterocycles. The van der Waals surface area contributed by atoms with Crippen molar-refractivity contribution in [3.63, 3.8) is 0 Å². The first-order chi connectivity index (χ1) is 10.2. The summed E-state index contributed by atoms with van der Waals surface area (Å²) in [6.45, 7) is 0.999. The first kappa shape index (κ1) is 15.1. The number of rotatable bonds is 7. The third-order valence-electron chi connectivity index (χ3n) is 3.15. The van der Waals surface area contributed by atoms with Crippen LogP contribution in [0.4, 0.5) is 11.4 Å². The predicted molar refractivity (Wildman–Crippen MR) is 79.6 cm³/mol. The Morgan fingerprint density at radius 3 is 2.86 bits per heavy atom. The lowest BCUT2D eigenvalue weighted by Gasteiger charge is -2.16. The number of hydrogen-bond acceptors (Lipinski definition) is 6. The number of nitro groups is 1. The van der Waals surface area contributed by atoms with Gasteiger partial charge in [-0.2, -0.15) is 0 Å². The van der Waals surface area contributed by atoms with Gasteiger partial charge < -0.3 is 14.8 Å². The molecular formula is C14H17N3O4. The van der Waals surface area contributed by atoms with Crippen LogP contribution in [0.5, 0.6) is 0 Å². The van der Waals surface area contributed by atoms with Crippen LogP contribution in [0.2, 0.25) is 0 Å². The number of benzene rings is 1. The number of nitrogens with one attached hydrogen (secondary N) is 1. The van der Waals surface area contributed by atoms with Crippen molar-refractivity contribution in [3.05, 3.63) is 40.6 Å². The van der Waals surface area contributed by atoms with Gasteiger partial charge in [0.25, 0.3) is 5.69 Å². The van der Waals surface area contributed by atoms with Gasteiger partial charge in [-0.25, -0.2) is 4.98 Å². The molecule has 1 heterocycles. The van der Waals surface area contributed by atoms with Crippen molar-refractivity contribution in [1.82, 2.24) is 4.98 Å². The van der Waals surface area contributed by atoms with E-state index >= 15 is 0 Å². The summed E-state index contributed by atoms with van der Waals surface area (Å²) in [5, 5.41) is 15.0. The summed E-state index contributed by atoms with van der Waals surface area (Å²) in [7, 11) is 3.22. The zero-order valence-corrected chi connectivity index (χ0v) is 11.9. The van der Waals surface area contributed by atoms with Gasteiger partial charge in [-0.05, 0) is 18.2 Å². The standard InChI is InChI=1S/C14H17N3O4/c1-20-9-10(21-2)8-16-12-5-6-13(17(18)19)14-11(12)4-3-7-15-14/h3-7,10,16H,8-9H2,1-2H3. The smallest absolute Gasteiger partial charge is 0.295 e. The van der Waals surface area contributed by atoms with Gasteiger partial charge in [-0.15, -0.1) is 0 Å². The molecule has 0 aliphatic heterocycles. The van der Waals surface area contributed by atoms with Gasteiger partial charge in [-0.1, -0.05) is 0 Å². The summed E-state index contributed by atoms with van der Waals surface area (Å²) in [6.07, 6.45) is 1.44. The number of ether oxygens (including phenoxy) is 2. The summed E-state index contributed by atoms with van der Waals surface area (Å²) in [5.74, 6) is 0. The van der Waals surface area contributed by atoms with Crippen LogP contribution < -0.4 is 5.32 Å². The van der Waals surface area contributed by atoms with Crippen molar-refractivity contribution in [2.45, 2.75) is 6.10 Å². The van der Waals surface area contributed by atoms with E-state index in [1.165, 1.54) is 6.07 Å². The third kappa shape index (κ3) is 3.45. The topological polar surface area (TPSA) is 86.5 Å². The highest BCUT2D eigenvalue weighted by molar-refractivity contribution is 5.96. The van der Waals surface area contributed by atoms with E-state index in [0.717, 1.165) is 5.69 Å². The summed E-state index contributed by atoms with van der Waals surface area (Å²) >= 11 is 0. The van der Waals surface area contributed by atoms with Gasteiger partial charge >= 0.3 is 0 Å². The molecule has 1 unspecified atom stereocenters. The summed E-state index contributed by atoms with van der Waals surface area (Å²) < 4.78 is 10.3. The fraction of sp³-hybridized carbons (Fsp3) is 0.357. The lowest BCUT2D eigenvalue weighted by atomic mass is 10.1. The molecule has 2 rings (SSSR count). The summed E-state index contributed by atoms with van der Waals surface area (Å²) in [4.78, 5) is 14.7. The van der Waals surface area contributed by atoms with Gasteiger partial charge in [0.2, 0.25) is 0 Å². The Balaban J connectivity index is 2.29. The highest BCUT2D eigenvalue weighted by atomic mass is 16.6. The third-order valence-corrected chi connectivity index (χ3v) is 3.15. The van der Waals surface area contributed by atoms with Gasteiger partial charge in [0.05, 0.1) is 17.6 Å². The number of non-ortho nitro benzene ring substituents is 1. The largest absolute Gasteiger partial charge is 0.382 e. The maximum absolute atomic E-state index is 11.0. The number of fused-ring (bicyclic) bond motifs is 1. The molecule has 1 atom stereocenters. The Kier molecular flexibility index (Phi) is 5.02. The van der Waals surface area contributed by atoms with E-state index in [0.29, 0.717) is 24.1 Å². The summed E-state index contributed by atoms with van der Waals surface area (Å²) in [6, 6.07) is 6.69. The van der Waals surface area contributed by atoms with Crippen LogP contribution in [-0.2, 0) is 9.47 Å². The Labute approximate surface area is 122 Å². The molecule has 0 aliphatic carbocycles. The van der Waals surface area contributed by atoms with E-state index in [-0.39, 0.29) is 11.8 Å². The lowest BCUT2D eigenvalue weighted by molar-refractivity contribution is -0.383. The van der Waals surface area contributed by atoms with Gasteiger partial charge in [0.15, 0.2) is 0 Å². The zero-order chi connectivity index (χ0) is 15.2. The number of aromatic nitrogens is 1. The minimum absolute atomic E-state index is 0.00340. The SMILES string of the molecule is COCC(CNc1ccc([N+](=O)[O-])c2ncccc12)OC. The molecular weight excluding hydrogens is 274 g/mol. The zero-order valence-electron chi connectivity index (χ0n) is 11.9. The predicted octanol–water partition coefficient (Wildman–Crippen LogP) is 2.22. The molecule has 112 valence electrons. The van der Waals surface area contributed by atoms with Crippen molar-refractivity contribution in [1.29, 1.82) is 0 Å². The van der Waals surface area contributed by atoms with E-state index in [1.807, 2.05) is 0 Å². The van der Waals surface area contributed by atoms with E-state index in [4.69, 9.17) is 9.47 Å². The van der Waals surface area contributed by atoms with Crippen molar-refractivity contribution in [3.8, 4) is 0 Å². The quantitative estimate of drug-likeness (QED) is 0.621. The molecule has 0 spiro atoms. The van der Waals surface area contributed by atoms with Crippen LogP contribution in [-0.4, -0.2) is 43.4 Å². The normalized spacial score (nSPS) is 12.3. The van der Waals surface area contributed by atoms with Crippen molar-refractivity contribution >= 4 is 22.3 Å². The Bertz CT molecular complexity index is 633. The summed E-state index contributed by atoms with van der Waals surface area (Å²) in [5.41, 5.74) is 1.14. The van der Waals surface area contributed by atoms with Crippen LogP contribution >= 0.6 is 0 Å². The fourth-order valence-electron chi connectivity index (χ4n) is 2.08. The molecule has 7 heteroatoms. The van der Waals surface area contributed by atoms with Crippen LogP contribution in [0.15, 0.2) is 30.5 Å². The average Bonchev–Trinajstić information content (AvgIpc) is 2.50. The molecule has 21 heavy (non-hydrogen) atoms. The molecule has 1 N–H and O–H groups in total. The molecule has 0 fully saturated rings. The maximum Gasteiger partial charge on any atom is 0.295 e. The number of hydrogen-bond donors (Lipinski definition) is 1. The number of nitrogens with zero attached hydrogens (tertiary/aromatic N) is 2. The molecule has 7 nitrogen and oxygen atoms in total. The number of methoxy groups -OCH3 is 2. The molecule has 0 bridgehead atoms. The monoisotopic (exact) mass is 291 g/mol. The first-order valence-corrected chi connectivity index (χ1v) is 6.45. The van der Waals surface area contributed by atoms with Gasteiger partial charge in [0.1, 0.15) is 5.52 Å². The Morgan fingerprint density at radius 2 is 2.19 bits per heavy atom. The maximum atomic E-state index is 11.0. The van der Waals surface area contributed by atoms with Crippen LogP contribution in [0.3, 0.4) is 0 Å². The highest BCUT2D eigenvalue weighted by Crippen LogP contribution is 2.29. The minimum Gasteiger partial charge on any atom is -0.382 e. The molecule has 0 aliphatic rings. The van der Waals surface area contributed by atoms with Crippen molar-refractivity contribution in [2.75, 3.05) is 32.7 Å². The first-order valence-electron chi connectivity index (χ1n) is 6.45. The van der Waals surface area contributed by atoms with Gasteiger partial charge in [0, 0.05) is 44.1 Å².